The highest BCUT2D eigenvalue weighted by atomic mass is 15.0. The van der Waals surface area contributed by atoms with Crippen molar-refractivity contribution in [3.63, 3.8) is 0 Å². The molecule has 0 bridgehead atoms. The first-order valence-electron chi connectivity index (χ1n) is 18.2. The van der Waals surface area contributed by atoms with Crippen molar-refractivity contribution in [2.75, 3.05) is 0 Å². The first kappa shape index (κ1) is 31.1. The van der Waals surface area contributed by atoms with Crippen molar-refractivity contribution in [3.05, 3.63) is 180 Å². The molecule has 2 aromatic heterocycles. The maximum Gasteiger partial charge on any atom is 0.164 e. The molecule has 1 aliphatic rings. The van der Waals surface area contributed by atoms with E-state index in [0.29, 0.717) is 17.5 Å². The minimum atomic E-state index is -0.122. The van der Waals surface area contributed by atoms with Gasteiger partial charge in [0.25, 0.3) is 0 Å². The van der Waals surface area contributed by atoms with Gasteiger partial charge in [-0.3, -0.25) is 0 Å². The SMILES string of the molecule is Cc1cccc(-c2ccc3c(c2)c2cc4c(cc2n3-c2cccc(-c3nc(-c5ccccc5)nc(-c5ccccc5)n3)c2)C(C)(C)c2ccccc2-4)c1. The van der Waals surface area contributed by atoms with Gasteiger partial charge in [-0.15, -0.1) is 0 Å². The molecule has 1 aliphatic carbocycles. The molecule has 0 atom stereocenters. The average molecular weight is 681 g/mol. The number of nitrogens with zero attached hydrogens (tertiary/aromatic N) is 4. The largest absolute Gasteiger partial charge is 0.309 e. The Hall–Kier alpha value is -6.65. The lowest BCUT2D eigenvalue weighted by Crippen LogP contribution is -2.14. The zero-order valence-corrected chi connectivity index (χ0v) is 29.9. The molecule has 0 aliphatic heterocycles. The van der Waals surface area contributed by atoms with Crippen LogP contribution in [0.3, 0.4) is 0 Å². The third kappa shape index (κ3) is 5.09. The molecule has 2 heterocycles. The Morgan fingerprint density at radius 2 is 1.00 bits per heavy atom. The summed E-state index contributed by atoms with van der Waals surface area (Å²) in [5.41, 5.74) is 15.2. The summed E-state index contributed by atoms with van der Waals surface area (Å²) in [6.45, 7) is 6.85. The third-order valence-corrected chi connectivity index (χ3v) is 10.9. The van der Waals surface area contributed by atoms with Crippen LogP contribution in [0.1, 0.15) is 30.5 Å². The lowest BCUT2D eigenvalue weighted by Gasteiger charge is -2.21. The molecule has 7 aromatic carbocycles. The predicted octanol–water partition coefficient (Wildman–Crippen LogP) is 12.3. The summed E-state index contributed by atoms with van der Waals surface area (Å²) in [5, 5.41) is 2.47. The molecule has 9 aromatic rings. The zero-order valence-electron chi connectivity index (χ0n) is 29.9. The average Bonchev–Trinajstić information content (AvgIpc) is 3.65. The molecule has 10 rings (SSSR count). The zero-order chi connectivity index (χ0) is 35.7. The fourth-order valence-corrected chi connectivity index (χ4v) is 8.22. The van der Waals surface area contributed by atoms with Crippen molar-refractivity contribution >= 4 is 21.8 Å². The molecular weight excluding hydrogens is 645 g/mol. The molecule has 53 heavy (non-hydrogen) atoms. The Balaban J connectivity index is 1.21. The summed E-state index contributed by atoms with van der Waals surface area (Å²) in [6, 6.07) is 58.4. The molecule has 4 nitrogen and oxygen atoms in total. The van der Waals surface area contributed by atoms with Crippen LogP contribution in [0.5, 0.6) is 0 Å². The summed E-state index contributed by atoms with van der Waals surface area (Å²) in [4.78, 5) is 15.0. The molecule has 4 heteroatoms. The number of aromatic nitrogens is 4. The number of benzene rings is 7. The number of hydrogen-bond acceptors (Lipinski definition) is 3. The van der Waals surface area contributed by atoms with Crippen LogP contribution in [0, 0.1) is 6.92 Å². The molecule has 0 amide bonds. The number of fused-ring (bicyclic) bond motifs is 6. The molecule has 0 fully saturated rings. The van der Waals surface area contributed by atoms with E-state index in [9.17, 15) is 0 Å². The standard InChI is InChI=1S/C49H36N4/c1-31-14-12-19-34(26-31)35-24-25-44-40(28-35)41-29-39-38-22-10-11-23-42(38)49(2,3)43(39)30-45(41)53(44)37-21-13-20-36(27-37)48-51-46(32-15-6-4-7-16-32)50-47(52-48)33-17-8-5-9-18-33/h4-30H,1-3H3. The van der Waals surface area contributed by atoms with Crippen LogP contribution in [-0.4, -0.2) is 19.5 Å². The summed E-state index contributed by atoms with van der Waals surface area (Å²) in [7, 11) is 0. The van der Waals surface area contributed by atoms with E-state index in [1.54, 1.807) is 0 Å². The van der Waals surface area contributed by atoms with Crippen molar-refractivity contribution < 1.29 is 0 Å². The van der Waals surface area contributed by atoms with Crippen LogP contribution < -0.4 is 0 Å². The lowest BCUT2D eigenvalue weighted by atomic mass is 9.82. The summed E-state index contributed by atoms with van der Waals surface area (Å²) in [6.07, 6.45) is 0. The van der Waals surface area contributed by atoms with Crippen LogP contribution in [-0.2, 0) is 5.41 Å². The van der Waals surface area contributed by atoms with E-state index in [1.807, 2.05) is 60.7 Å². The number of rotatable bonds is 5. The lowest BCUT2D eigenvalue weighted by molar-refractivity contribution is 0.661. The van der Waals surface area contributed by atoms with Gasteiger partial charge in [0.2, 0.25) is 0 Å². The van der Waals surface area contributed by atoms with E-state index >= 15 is 0 Å². The number of hydrogen-bond donors (Lipinski definition) is 0. The van der Waals surface area contributed by atoms with Gasteiger partial charge >= 0.3 is 0 Å². The Kier molecular flexibility index (Phi) is 7.02. The van der Waals surface area contributed by atoms with E-state index in [-0.39, 0.29) is 5.41 Å². The van der Waals surface area contributed by atoms with Crippen molar-refractivity contribution in [2.24, 2.45) is 0 Å². The molecule has 0 spiro atoms. The normalized spacial score (nSPS) is 13.0. The highest BCUT2D eigenvalue weighted by molar-refractivity contribution is 6.12. The molecule has 0 unspecified atom stereocenters. The Labute approximate surface area is 309 Å². The first-order chi connectivity index (χ1) is 25.9. The predicted molar refractivity (Wildman–Crippen MR) is 218 cm³/mol. The van der Waals surface area contributed by atoms with Crippen LogP contribution in [0.2, 0.25) is 0 Å². The second kappa shape index (κ2) is 12.0. The van der Waals surface area contributed by atoms with Crippen molar-refractivity contribution in [1.29, 1.82) is 0 Å². The van der Waals surface area contributed by atoms with Crippen LogP contribution in [0.15, 0.2) is 164 Å². The summed E-state index contributed by atoms with van der Waals surface area (Å²) in [5.74, 6) is 1.94. The van der Waals surface area contributed by atoms with Gasteiger partial charge in [-0.25, -0.2) is 15.0 Å². The minimum Gasteiger partial charge on any atom is -0.309 e. The Morgan fingerprint density at radius 1 is 0.415 bits per heavy atom. The van der Waals surface area contributed by atoms with Gasteiger partial charge in [0.05, 0.1) is 11.0 Å². The second-order valence-electron chi connectivity index (χ2n) is 14.6. The van der Waals surface area contributed by atoms with Crippen LogP contribution in [0.25, 0.3) is 83.9 Å². The van der Waals surface area contributed by atoms with E-state index in [0.717, 1.165) is 27.9 Å². The van der Waals surface area contributed by atoms with E-state index in [4.69, 9.17) is 15.0 Å². The maximum absolute atomic E-state index is 5.06. The fraction of sp³-hybridized carbons (Fsp3) is 0.0816. The smallest absolute Gasteiger partial charge is 0.164 e. The van der Waals surface area contributed by atoms with E-state index in [1.165, 1.54) is 55.2 Å². The van der Waals surface area contributed by atoms with Gasteiger partial charge in [-0.1, -0.05) is 147 Å². The number of aryl methyl sites for hydroxylation is 1. The highest BCUT2D eigenvalue weighted by Gasteiger charge is 2.36. The minimum absolute atomic E-state index is 0.122. The topological polar surface area (TPSA) is 43.6 Å². The van der Waals surface area contributed by atoms with Gasteiger partial charge in [0.15, 0.2) is 17.5 Å². The van der Waals surface area contributed by atoms with Gasteiger partial charge < -0.3 is 4.57 Å². The highest BCUT2D eigenvalue weighted by Crippen LogP contribution is 2.51. The second-order valence-corrected chi connectivity index (χ2v) is 14.6. The van der Waals surface area contributed by atoms with Gasteiger partial charge in [-0.2, -0.15) is 0 Å². The van der Waals surface area contributed by atoms with Crippen molar-refractivity contribution in [3.8, 4) is 62.1 Å². The molecule has 0 saturated carbocycles. The maximum atomic E-state index is 5.06. The van der Waals surface area contributed by atoms with E-state index in [2.05, 4.69) is 128 Å². The van der Waals surface area contributed by atoms with Crippen LogP contribution >= 0.6 is 0 Å². The molecule has 0 saturated heterocycles. The molecule has 252 valence electrons. The van der Waals surface area contributed by atoms with Crippen molar-refractivity contribution in [1.82, 2.24) is 19.5 Å². The summed E-state index contributed by atoms with van der Waals surface area (Å²) < 4.78 is 2.42. The van der Waals surface area contributed by atoms with Gasteiger partial charge in [-0.05, 0) is 76.7 Å². The summed E-state index contributed by atoms with van der Waals surface area (Å²) >= 11 is 0. The van der Waals surface area contributed by atoms with E-state index < -0.39 is 0 Å². The Bertz CT molecular complexity index is 2810. The third-order valence-electron chi connectivity index (χ3n) is 10.9. The molecule has 0 radical (unpaired) electrons. The first-order valence-corrected chi connectivity index (χ1v) is 18.2. The fourth-order valence-electron chi connectivity index (χ4n) is 8.22. The quantitative estimate of drug-likeness (QED) is 0.182. The molecule has 0 N–H and O–H groups in total. The van der Waals surface area contributed by atoms with Gasteiger partial charge in [0.1, 0.15) is 0 Å². The van der Waals surface area contributed by atoms with Gasteiger partial charge in [0, 0.05) is 38.6 Å². The van der Waals surface area contributed by atoms with Crippen LogP contribution in [0.4, 0.5) is 0 Å². The Morgan fingerprint density at radius 3 is 1.72 bits per heavy atom. The monoisotopic (exact) mass is 680 g/mol. The molecular formula is C49H36N4. The van der Waals surface area contributed by atoms with Crippen molar-refractivity contribution in [2.45, 2.75) is 26.2 Å².